The molecule has 0 aliphatic carbocycles. The minimum Gasteiger partial charge on any atom is -0.457 e. The van der Waals surface area contributed by atoms with E-state index in [9.17, 15) is 13.2 Å². The molecule has 5 nitrogen and oxygen atoms in total. The Morgan fingerprint density at radius 1 is 0.861 bits per heavy atom. The van der Waals surface area contributed by atoms with Gasteiger partial charge in [0.25, 0.3) is 0 Å². The Labute approximate surface area is 220 Å². The van der Waals surface area contributed by atoms with Crippen LogP contribution in [0.5, 0.6) is 11.5 Å². The van der Waals surface area contributed by atoms with Gasteiger partial charge in [-0.1, -0.05) is 72.6 Å². The van der Waals surface area contributed by atoms with Crippen LogP contribution in [0.3, 0.4) is 0 Å². The summed E-state index contributed by atoms with van der Waals surface area (Å²) in [7, 11) is -3.28. The summed E-state index contributed by atoms with van der Waals surface area (Å²) in [5.74, 6) is 1.01. The predicted molar refractivity (Wildman–Crippen MR) is 145 cm³/mol. The molecule has 1 N–H and O–H groups in total. The Morgan fingerprint density at radius 3 is 2.31 bits per heavy atom. The summed E-state index contributed by atoms with van der Waals surface area (Å²) < 4.78 is 30.0. The molecule has 0 unspecified atom stereocenters. The lowest BCUT2D eigenvalue weighted by Crippen LogP contribution is -2.14. The van der Waals surface area contributed by atoms with E-state index in [0.717, 1.165) is 11.1 Å². The minimum absolute atomic E-state index is 0.0286. The molecule has 0 atom stereocenters. The Hall–Kier alpha value is -3.32. The quantitative estimate of drug-likeness (QED) is 0.252. The molecule has 184 valence electrons. The maximum absolute atomic E-state index is 12.6. The van der Waals surface area contributed by atoms with E-state index in [1.807, 2.05) is 42.5 Å². The van der Waals surface area contributed by atoms with Gasteiger partial charge in [0.2, 0.25) is 5.91 Å². The van der Waals surface area contributed by atoms with E-state index < -0.39 is 9.84 Å². The molecule has 36 heavy (non-hydrogen) atoms. The van der Waals surface area contributed by atoms with Crippen LogP contribution in [0.1, 0.15) is 12.5 Å². The highest BCUT2D eigenvalue weighted by Crippen LogP contribution is 2.38. The van der Waals surface area contributed by atoms with E-state index in [-0.39, 0.29) is 23.0 Å². The van der Waals surface area contributed by atoms with Crippen molar-refractivity contribution in [3.8, 4) is 22.6 Å². The van der Waals surface area contributed by atoms with Gasteiger partial charge in [-0.05, 0) is 54.1 Å². The molecule has 0 aliphatic rings. The van der Waals surface area contributed by atoms with Crippen molar-refractivity contribution >= 4 is 44.6 Å². The molecule has 4 rings (SSSR count). The van der Waals surface area contributed by atoms with Gasteiger partial charge in [-0.2, -0.15) is 0 Å². The smallest absolute Gasteiger partial charge is 0.228 e. The molecule has 0 fully saturated rings. The third kappa shape index (κ3) is 6.26. The lowest BCUT2D eigenvalue weighted by atomic mass is 10.0. The monoisotopic (exact) mass is 539 g/mol. The summed E-state index contributed by atoms with van der Waals surface area (Å²) >= 11 is 12.7. The first-order chi connectivity index (χ1) is 17.2. The van der Waals surface area contributed by atoms with Crippen molar-refractivity contribution in [2.75, 3.05) is 11.1 Å². The molecular formula is C28H23Cl2NO4S. The van der Waals surface area contributed by atoms with Crippen LogP contribution in [-0.4, -0.2) is 20.1 Å². The van der Waals surface area contributed by atoms with Crippen LogP contribution in [-0.2, 0) is 21.1 Å². The summed E-state index contributed by atoms with van der Waals surface area (Å²) in [5, 5.41) is 3.86. The highest BCUT2D eigenvalue weighted by molar-refractivity contribution is 7.91. The standard InChI is InChI=1S/C28H23Cl2NO4S/c1-2-36(33,34)23-13-10-19(11-14-23)16-28(32)31-21-12-15-24(26(30)18-21)25-8-3-4-9-27(25)35-22-7-5-6-20(29)17-22/h3-15,17-18H,2,16H2,1H3,(H,31,32). The number of nitrogens with one attached hydrogen (secondary N) is 1. The number of anilines is 1. The first kappa shape index (κ1) is 25.8. The summed E-state index contributed by atoms with van der Waals surface area (Å²) in [6.45, 7) is 1.60. The molecule has 8 heteroatoms. The zero-order valence-electron chi connectivity index (χ0n) is 19.4. The average Bonchev–Trinajstić information content (AvgIpc) is 2.85. The molecule has 4 aromatic carbocycles. The molecular weight excluding hydrogens is 517 g/mol. The average molecular weight is 540 g/mol. The van der Waals surface area contributed by atoms with Crippen LogP contribution in [0.2, 0.25) is 10.0 Å². The van der Waals surface area contributed by atoms with Crippen molar-refractivity contribution in [2.45, 2.75) is 18.2 Å². The Morgan fingerprint density at radius 2 is 1.61 bits per heavy atom. The van der Waals surface area contributed by atoms with Crippen LogP contribution in [0, 0.1) is 0 Å². The SMILES string of the molecule is CCS(=O)(=O)c1ccc(CC(=O)Nc2ccc(-c3ccccc3Oc3cccc(Cl)c3)c(Cl)c2)cc1. The normalized spacial score (nSPS) is 11.2. The molecule has 4 aromatic rings. The molecule has 0 aromatic heterocycles. The molecule has 0 bridgehead atoms. The van der Waals surface area contributed by atoms with E-state index >= 15 is 0 Å². The van der Waals surface area contributed by atoms with Crippen molar-refractivity contribution < 1.29 is 17.9 Å². The number of amides is 1. The number of carbonyl (C=O) groups excluding carboxylic acids is 1. The molecule has 1 amide bonds. The van der Waals surface area contributed by atoms with Crippen molar-refractivity contribution in [2.24, 2.45) is 0 Å². The fraction of sp³-hybridized carbons (Fsp3) is 0.107. The van der Waals surface area contributed by atoms with Gasteiger partial charge in [-0.15, -0.1) is 0 Å². The van der Waals surface area contributed by atoms with Gasteiger partial charge in [0, 0.05) is 21.8 Å². The van der Waals surface area contributed by atoms with E-state index in [2.05, 4.69) is 5.32 Å². The Kier molecular flexibility index (Phi) is 7.99. The van der Waals surface area contributed by atoms with Crippen molar-refractivity contribution in [1.82, 2.24) is 0 Å². The Balaban J connectivity index is 1.48. The molecule has 0 saturated carbocycles. The van der Waals surface area contributed by atoms with Gasteiger partial charge in [-0.3, -0.25) is 4.79 Å². The summed E-state index contributed by atoms with van der Waals surface area (Å²) in [5.41, 5.74) is 2.80. The van der Waals surface area contributed by atoms with Crippen LogP contribution < -0.4 is 10.1 Å². The number of rotatable bonds is 8. The highest BCUT2D eigenvalue weighted by atomic mass is 35.5. The predicted octanol–water partition coefficient (Wildman–Crippen LogP) is 7.43. The number of halogens is 2. The second kappa shape index (κ2) is 11.2. The van der Waals surface area contributed by atoms with E-state index in [4.69, 9.17) is 27.9 Å². The molecule has 0 saturated heterocycles. The first-order valence-electron chi connectivity index (χ1n) is 11.2. The zero-order valence-corrected chi connectivity index (χ0v) is 21.7. The summed E-state index contributed by atoms with van der Waals surface area (Å²) in [6, 6.07) is 26.3. The number of hydrogen-bond acceptors (Lipinski definition) is 4. The van der Waals surface area contributed by atoms with Gasteiger partial charge in [-0.25, -0.2) is 8.42 Å². The molecule has 0 aliphatic heterocycles. The van der Waals surface area contributed by atoms with Gasteiger partial charge >= 0.3 is 0 Å². The lowest BCUT2D eigenvalue weighted by Gasteiger charge is -2.14. The van der Waals surface area contributed by atoms with Crippen LogP contribution >= 0.6 is 23.2 Å². The second-order valence-electron chi connectivity index (χ2n) is 8.02. The summed E-state index contributed by atoms with van der Waals surface area (Å²) in [6.07, 6.45) is 0.0993. The number of para-hydroxylation sites is 1. The van der Waals surface area contributed by atoms with Crippen molar-refractivity contribution in [3.63, 3.8) is 0 Å². The van der Waals surface area contributed by atoms with Gasteiger partial charge in [0.05, 0.1) is 22.1 Å². The summed E-state index contributed by atoms with van der Waals surface area (Å²) in [4.78, 5) is 12.8. The maximum Gasteiger partial charge on any atom is 0.228 e. The van der Waals surface area contributed by atoms with Crippen LogP contribution in [0.4, 0.5) is 5.69 Å². The topological polar surface area (TPSA) is 72.5 Å². The number of benzene rings is 4. The van der Waals surface area contributed by atoms with E-state index in [0.29, 0.717) is 32.8 Å². The van der Waals surface area contributed by atoms with Crippen molar-refractivity contribution in [3.05, 3.63) is 107 Å². The molecule has 0 spiro atoms. The first-order valence-corrected chi connectivity index (χ1v) is 13.6. The van der Waals surface area contributed by atoms with Gasteiger partial charge in [0.15, 0.2) is 9.84 Å². The maximum atomic E-state index is 12.6. The van der Waals surface area contributed by atoms with Crippen LogP contribution in [0.15, 0.2) is 95.9 Å². The number of sulfone groups is 1. The molecule has 0 heterocycles. The third-order valence-electron chi connectivity index (χ3n) is 5.48. The van der Waals surface area contributed by atoms with E-state index in [1.54, 1.807) is 43.3 Å². The van der Waals surface area contributed by atoms with Gasteiger partial charge in [0.1, 0.15) is 11.5 Å². The number of carbonyl (C=O) groups is 1. The second-order valence-corrected chi connectivity index (χ2v) is 11.1. The van der Waals surface area contributed by atoms with E-state index in [1.165, 1.54) is 12.1 Å². The fourth-order valence-electron chi connectivity index (χ4n) is 3.62. The van der Waals surface area contributed by atoms with Gasteiger partial charge < -0.3 is 10.1 Å². The number of ether oxygens (including phenoxy) is 1. The third-order valence-corrected chi connectivity index (χ3v) is 7.78. The number of hydrogen-bond donors (Lipinski definition) is 1. The van der Waals surface area contributed by atoms with Crippen LogP contribution in [0.25, 0.3) is 11.1 Å². The molecule has 0 radical (unpaired) electrons. The lowest BCUT2D eigenvalue weighted by molar-refractivity contribution is -0.115. The Bertz CT molecular complexity index is 1500. The zero-order chi connectivity index (χ0) is 25.7. The van der Waals surface area contributed by atoms with Crippen molar-refractivity contribution in [1.29, 1.82) is 0 Å². The highest BCUT2D eigenvalue weighted by Gasteiger charge is 2.14. The minimum atomic E-state index is -3.28. The largest absolute Gasteiger partial charge is 0.457 e. The fourth-order valence-corrected chi connectivity index (χ4v) is 4.97.